The predicted octanol–water partition coefficient (Wildman–Crippen LogP) is 5.38. The molecule has 0 saturated carbocycles. The van der Waals surface area contributed by atoms with Gasteiger partial charge < -0.3 is 14.7 Å². The van der Waals surface area contributed by atoms with Crippen LogP contribution in [-0.2, 0) is 30.5 Å². The lowest BCUT2D eigenvalue weighted by molar-refractivity contribution is -0.138. The van der Waals surface area contributed by atoms with Gasteiger partial charge in [0, 0.05) is 11.3 Å². The molecule has 5 nitrogen and oxygen atoms in total. The average Bonchev–Trinajstić information content (AvgIpc) is 3.10. The highest BCUT2D eigenvalue weighted by atomic mass is 19.4. The van der Waals surface area contributed by atoms with E-state index in [4.69, 9.17) is 9.84 Å². The molecule has 4 rings (SSSR count). The van der Waals surface area contributed by atoms with Crippen molar-refractivity contribution in [1.29, 1.82) is 0 Å². The number of nitrogens with zero attached hydrogens (tertiary/aromatic N) is 1. The van der Waals surface area contributed by atoms with Crippen molar-refractivity contribution >= 4 is 17.6 Å². The number of carbonyl (C=O) groups excluding carboxylic acids is 1. The first-order valence-corrected chi connectivity index (χ1v) is 10.2. The van der Waals surface area contributed by atoms with Crippen LogP contribution in [0.2, 0.25) is 0 Å². The highest BCUT2D eigenvalue weighted by Gasteiger charge is 2.33. The topological polar surface area (TPSA) is 66.8 Å². The third-order valence-corrected chi connectivity index (χ3v) is 5.63. The summed E-state index contributed by atoms with van der Waals surface area (Å²) in [6, 6.07) is 15.0. The Balaban J connectivity index is 1.53. The second kappa shape index (κ2) is 8.61. The Bertz CT molecular complexity index is 1220. The molecule has 1 heterocycles. The van der Waals surface area contributed by atoms with Gasteiger partial charge in [0.05, 0.1) is 18.5 Å². The Kier molecular flexibility index (Phi) is 5.84. The van der Waals surface area contributed by atoms with Crippen LogP contribution < -0.4 is 9.64 Å². The smallest absolute Gasteiger partial charge is 0.416 e. The van der Waals surface area contributed by atoms with Crippen molar-refractivity contribution in [2.45, 2.75) is 32.7 Å². The largest absolute Gasteiger partial charge is 0.489 e. The fraction of sp³-hybridized carbons (Fsp3) is 0.200. The summed E-state index contributed by atoms with van der Waals surface area (Å²) in [4.78, 5) is 25.4. The number of alkyl halides is 3. The normalized spacial score (nSPS) is 13.2. The Morgan fingerprint density at radius 3 is 2.45 bits per heavy atom. The number of amides is 1. The summed E-state index contributed by atoms with van der Waals surface area (Å²) in [5.41, 5.74) is 3.12. The molecular formula is C25H20F3NO4. The first-order valence-electron chi connectivity index (χ1n) is 10.2. The number of benzene rings is 3. The van der Waals surface area contributed by atoms with Crippen LogP contribution in [0.25, 0.3) is 0 Å². The first-order chi connectivity index (χ1) is 15.6. The summed E-state index contributed by atoms with van der Waals surface area (Å²) < 4.78 is 44.4. The number of carbonyl (C=O) groups is 2. The molecule has 0 fully saturated rings. The van der Waals surface area contributed by atoms with Crippen molar-refractivity contribution in [3.63, 3.8) is 0 Å². The molecule has 1 aliphatic rings. The number of anilines is 1. The summed E-state index contributed by atoms with van der Waals surface area (Å²) in [6.45, 7) is 2.21. The number of hydrogen-bond donors (Lipinski definition) is 1. The molecule has 8 heteroatoms. The fourth-order valence-corrected chi connectivity index (χ4v) is 3.82. The van der Waals surface area contributed by atoms with Gasteiger partial charge in [0.1, 0.15) is 12.4 Å². The number of halogens is 3. The Labute approximate surface area is 188 Å². The molecule has 1 amide bonds. The molecule has 1 aliphatic heterocycles. The third-order valence-electron chi connectivity index (χ3n) is 5.63. The van der Waals surface area contributed by atoms with E-state index in [1.165, 1.54) is 17.0 Å². The van der Waals surface area contributed by atoms with Crippen molar-refractivity contribution in [2.75, 3.05) is 4.90 Å². The Hall–Kier alpha value is -3.81. The standard InChI is InChI=1S/C25H20F3NO4/c1-15-5-10-20(11-17(15)12-23(30)31)33-14-16-3-2-4-21-22(16)13-29(24(21)32)19-8-6-18(7-9-19)25(26,27)28/h2-11H,12-14H2,1H3,(H,30,31). The van der Waals surface area contributed by atoms with Crippen molar-refractivity contribution < 1.29 is 32.6 Å². The zero-order valence-electron chi connectivity index (χ0n) is 17.6. The predicted molar refractivity (Wildman–Crippen MR) is 115 cm³/mol. The molecule has 0 aliphatic carbocycles. The van der Waals surface area contributed by atoms with Gasteiger partial charge in [-0.1, -0.05) is 18.2 Å². The summed E-state index contributed by atoms with van der Waals surface area (Å²) in [7, 11) is 0. The summed E-state index contributed by atoms with van der Waals surface area (Å²) in [5.74, 6) is -0.706. The van der Waals surface area contributed by atoms with Crippen LogP contribution in [0.3, 0.4) is 0 Å². The van der Waals surface area contributed by atoms with E-state index in [1.807, 2.05) is 13.0 Å². The highest BCUT2D eigenvalue weighted by molar-refractivity contribution is 6.10. The number of aliphatic carboxylic acids is 1. The van der Waals surface area contributed by atoms with Gasteiger partial charge >= 0.3 is 12.1 Å². The number of aryl methyl sites for hydroxylation is 1. The summed E-state index contributed by atoms with van der Waals surface area (Å²) >= 11 is 0. The second-order valence-electron chi connectivity index (χ2n) is 7.83. The van der Waals surface area contributed by atoms with E-state index >= 15 is 0 Å². The molecule has 0 spiro atoms. The quantitative estimate of drug-likeness (QED) is 0.542. The minimum atomic E-state index is -4.44. The lowest BCUT2D eigenvalue weighted by Gasteiger charge is -2.17. The highest BCUT2D eigenvalue weighted by Crippen LogP contribution is 2.34. The van der Waals surface area contributed by atoms with Crippen LogP contribution in [0.15, 0.2) is 60.7 Å². The molecule has 0 unspecified atom stereocenters. The van der Waals surface area contributed by atoms with Gasteiger partial charge in [0.15, 0.2) is 0 Å². The molecular weight excluding hydrogens is 435 g/mol. The van der Waals surface area contributed by atoms with Crippen LogP contribution in [0.5, 0.6) is 5.75 Å². The number of fused-ring (bicyclic) bond motifs is 1. The van der Waals surface area contributed by atoms with Gasteiger partial charge in [-0.05, 0) is 71.6 Å². The molecule has 3 aromatic rings. The van der Waals surface area contributed by atoms with E-state index in [9.17, 15) is 22.8 Å². The number of carboxylic acid groups (broad SMARTS) is 1. The molecule has 170 valence electrons. The minimum Gasteiger partial charge on any atom is -0.489 e. The minimum absolute atomic E-state index is 0.111. The molecule has 3 aromatic carbocycles. The number of hydrogen-bond acceptors (Lipinski definition) is 3. The van der Waals surface area contributed by atoms with E-state index in [1.54, 1.807) is 30.3 Å². The summed E-state index contributed by atoms with van der Waals surface area (Å²) in [5, 5.41) is 9.06. The van der Waals surface area contributed by atoms with Gasteiger partial charge in [-0.15, -0.1) is 0 Å². The summed E-state index contributed by atoms with van der Waals surface area (Å²) in [6.07, 6.45) is -4.55. The van der Waals surface area contributed by atoms with Crippen LogP contribution in [0.4, 0.5) is 18.9 Å². The maximum atomic E-state index is 12.9. The van der Waals surface area contributed by atoms with Crippen LogP contribution in [-0.4, -0.2) is 17.0 Å². The van der Waals surface area contributed by atoms with E-state index in [-0.39, 0.29) is 25.5 Å². The average molecular weight is 455 g/mol. The molecule has 1 N–H and O–H groups in total. The maximum absolute atomic E-state index is 12.9. The van der Waals surface area contributed by atoms with Crippen molar-refractivity contribution in [2.24, 2.45) is 0 Å². The first kappa shape index (κ1) is 22.4. The van der Waals surface area contributed by atoms with Crippen molar-refractivity contribution in [1.82, 2.24) is 0 Å². The van der Waals surface area contributed by atoms with Gasteiger partial charge in [0.25, 0.3) is 5.91 Å². The van der Waals surface area contributed by atoms with Crippen LogP contribution in [0.1, 0.15) is 38.2 Å². The fourth-order valence-electron chi connectivity index (χ4n) is 3.82. The van der Waals surface area contributed by atoms with E-state index in [0.717, 1.165) is 28.8 Å². The van der Waals surface area contributed by atoms with Crippen molar-refractivity contribution in [3.8, 4) is 5.75 Å². The monoisotopic (exact) mass is 455 g/mol. The number of rotatable bonds is 6. The Morgan fingerprint density at radius 2 is 1.79 bits per heavy atom. The zero-order chi connectivity index (χ0) is 23.8. The Morgan fingerprint density at radius 1 is 1.06 bits per heavy atom. The zero-order valence-corrected chi connectivity index (χ0v) is 17.6. The van der Waals surface area contributed by atoms with Gasteiger partial charge in [-0.25, -0.2) is 0 Å². The van der Waals surface area contributed by atoms with Gasteiger partial charge in [-0.2, -0.15) is 13.2 Å². The second-order valence-corrected chi connectivity index (χ2v) is 7.83. The number of carboxylic acids is 1. The van der Waals surface area contributed by atoms with E-state index < -0.39 is 17.7 Å². The molecule has 0 aromatic heterocycles. The van der Waals surface area contributed by atoms with Gasteiger partial charge in [0.2, 0.25) is 0 Å². The van der Waals surface area contributed by atoms with Crippen molar-refractivity contribution in [3.05, 3.63) is 94.0 Å². The molecule has 0 saturated heterocycles. The molecule has 0 atom stereocenters. The molecule has 0 bridgehead atoms. The SMILES string of the molecule is Cc1ccc(OCc2cccc3c2CN(c2ccc(C(F)(F)F)cc2)C3=O)cc1CC(=O)O. The lowest BCUT2D eigenvalue weighted by atomic mass is 10.0. The van der Waals surface area contributed by atoms with Gasteiger partial charge in [-0.3, -0.25) is 9.59 Å². The van der Waals surface area contributed by atoms with E-state index in [2.05, 4.69) is 0 Å². The maximum Gasteiger partial charge on any atom is 0.416 e. The van der Waals surface area contributed by atoms with Crippen LogP contribution in [0, 0.1) is 6.92 Å². The third kappa shape index (κ3) is 4.69. The lowest BCUT2D eigenvalue weighted by Crippen LogP contribution is -2.23. The molecule has 33 heavy (non-hydrogen) atoms. The molecule has 0 radical (unpaired) electrons. The van der Waals surface area contributed by atoms with E-state index in [0.29, 0.717) is 22.6 Å². The number of ether oxygens (including phenoxy) is 1. The van der Waals surface area contributed by atoms with Crippen LogP contribution >= 0.6 is 0 Å².